The molecule has 1 heterocycles. The third kappa shape index (κ3) is 2.59. The highest BCUT2D eigenvalue weighted by Gasteiger charge is 2.49. The number of H-pyrrole nitrogens is 1. The number of hydrogen-bond acceptors (Lipinski definition) is 1. The minimum Gasteiger partial charge on any atom is -0.364 e. The van der Waals surface area contributed by atoms with E-state index in [1.165, 1.54) is 5.56 Å². The minimum absolute atomic E-state index is 0.109. The van der Waals surface area contributed by atoms with Gasteiger partial charge in [-0.15, -0.1) is 0 Å². The Morgan fingerprint density at radius 1 is 1.26 bits per heavy atom. The van der Waals surface area contributed by atoms with Gasteiger partial charge in [-0.05, 0) is 50.0 Å². The molecule has 0 radical (unpaired) electrons. The Morgan fingerprint density at radius 3 is 2.61 bits per heavy atom. The Balaban J connectivity index is 2.19. The van der Waals surface area contributed by atoms with Crippen LogP contribution in [0.25, 0.3) is 0 Å². The van der Waals surface area contributed by atoms with Crippen molar-refractivity contribution in [3.8, 4) is 0 Å². The lowest BCUT2D eigenvalue weighted by Gasteiger charge is -2.42. The summed E-state index contributed by atoms with van der Waals surface area (Å²) >= 11 is 0. The molecule has 2 nitrogen and oxygen atoms in total. The fraction of sp³-hybridized carbons (Fsp3) is 0.286. The number of ketones is 1. The second-order valence-electron chi connectivity index (χ2n) is 6.57. The molecular weight excluding hydrogens is 282 g/mol. The molecule has 0 fully saturated rings. The molecule has 118 valence electrons. The summed E-state index contributed by atoms with van der Waals surface area (Å²) in [4.78, 5) is 16.7. The van der Waals surface area contributed by atoms with Gasteiger partial charge >= 0.3 is 0 Å². The van der Waals surface area contributed by atoms with Gasteiger partial charge in [0.25, 0.3) is 0 Å². The van der Waals surface area contributed by atoms with Gasteiger partial charge in [0, 0.05) is 17.8 Å². The maximum Gasteiger partial charge on any atom is 0.171 e. The van der Waals surface area contributed by atoms with Crippen LogP contribution in [0.1, 0.15) is 31.5 Å². The van der Waals surface area contributed by atoms with Crippen LogP contribution >= 0.6 is 0 Å². The maximum atomic E-state index is 13.3. The summed E-state index contributed by atoms with van der Waals surface area (Å²) in [5.41, 5.74) is 3.50. The maximum absolute atomic E-state index is 13.3. The number of aromatic nitrogens is 1. The van der Waals surface area contributed by atoms with Gasteiger partial charge in [0.1, 0.15) is 0 Å². The van der Waals surface area contributed by atoms with Gasteiger partial charge in [-0.25, -0.2) is 0 Å². The lowest BCUT2D eigenvalue weighted by atomic mass is 9.59. The summed E-state index contributed by atoms with van der Waals surface area (Å²) in [5, 5.41) is 0. The van der Waals surface area contributed by atoms with Crippen LogP contribution in [-0.4, -0.2) is 10.8 Å². The molecule has 1 aromatic carbocycles. The molecule has 23 heavy (non-hydrogen) atoms. The lowest BCUT2D eigenvalue weighted by Crippen LogP contribution is -2.48. The van der Waals surface area contributed by atoms with Crippen molar-refractivity contribution >= 4 is 5.78 Å². The second-order valence-corrected chi connectivity index (χ2v) is 6.57. The average Bonchev–Trinajstić information content (AvgIpc) is 3.07. The predicted octanol–water partition coefficient (Wildman–Crippen LogP) is 4.61. The zero-order chi connectivity index (χ0) is 16.4. The van der Waals surface area contributed by atoms with E-state index < -0.39 is 5.41 Å². The van der Waals surface area contributed by atoms with Crippen LogP contribution in [0.5, 0.6) is 0 Å². The number of benzene rings is 1. The summed E-state index contributed by atoms with van der Waals surface area (Å²) < 4.78 is 0. The Bertz CT molecular complexity index is 739. The largest absolute Gasteiger partial charge is 0.364 e. The van der Waals surface area contributed by atoms with Crippen LogP contribution in [0.15, 0.2) is 72.5 Å². The summed E-state index contributed by atoms with van der Waals surface area (Å²) in [7, 11) is 0. The summed E-state index contributed by atoms with van der Waals surface area (Å²) in [6.45, 7) is 8.16. The van der Waals surface area contributed by atoms with Gasteiger partial charge in [-0.1, -0.05) is 48.6 Å². The number of aromatic amines is 1. The average molecular weight is 305 g/mol. The third-order valence-corrected chi connectivity index (χ3v) is 5.02. The topological polar surface area (TPSA) is 32.9 Å². The molecule has 1 aliphatic rings. The van der Waals surface area contributed by atoms with Crippen molar-refractivity contribution in [1.29, 1.82) is 0 Å². The number of hydrogen-bond donors (Lipinski definition) is 1. The quantitative estimate of drug-likeness (QED) is 0.822. The van der Waals surface area contributed by atoms with Crippen LogP contribution in [-0.2, 0) is 16.6 Å². The number of rotatable bonds is 4. The van der Waals surface area contributed by atoms with E-state index in [4.69, 9.17) is 0 Å². The van der Waals surface area contributed by atoms with Crippen LogP contribution < -0.4 is 0 Å². The molecule has 0 spiro atoms. The summed E-state index contributed by atoms with van der Waals surface area (Å²) in [6, 6.07) is 14.3. The van der Waals surface area contributed by atoms with Gasteiger partial charge in [-0.3, -0.25) is 4.79 Å². The number of nitrogens with one attached hydrogen (secondary N) is 1. The monoisotopic (exact) mass is 305 g/mol. The van der Waals surface area contributed by atoms with Crippen LogP contribution in [0.2, 0.25) is 0 Å². The molecule has 2 aromatic rings. The van der Waals surface area contributed by atoms with E-state index in [9.17, 15) is 4.79 Å². The molecule has 1 N–H and O–H groups in total. The molecule has 0 bridgehead atoms. The molecule has 1 aromatic heterocycles. The van der Waals surface area contributed by atoms with Crippen molar-refractivity contribution in [2.45, 2.75) is 32.1 Å². The van der Waals surface area contributed by atoms with E-state index in [-0.39, 0.29) is 11.7 Å². The number of allylic oxidation sites excluding steroid dienone is 3. The predicted molar refractivity (Wildman–Crippen MR) is 94.3 cm³/mol. The highest BCUT2D eigenvalue weighted by Crippen LogP contribution is 2.45. The molecule has 0 unspecified atom stereocenters. The Morgan fingerprint density at radius 2 is 2.00 bits per heavy atom. The van der Waals surface area contributed by atoms with E-state index >= 15 is 0 Å². The fourth-order valence-electron chi connectivity index (χ4n) is 3.85. The molecule has 1 aliphatic carbocycles. The van der Waals surface area contributed by atoms with Crippen molar-refractivity contribution < 1.29 is 4.79 Å². The molecule has 2 atom stereocenters. The fourth-order valence-corrected chi connectivity index (χ4v) is 3.85. The van der Waals surface area contributed by atoms with Crippen molar-refractivity contribution in [2.24, 2.45) is 5.92 Å². The van der Waals surface area contributed by atoms with Crippen molar-refractivity contribution in [1.82, 2.24) is 4.98 Å². The van der Waals surface area contributed by atoms with E-state index in [0.29, 0.717) is 6.42 Å². The van der Waals surface area contributed by atoms with Crippen LogP contribution in [0, 0.1) is 5.92 Å². The zero-order valence-electron chi connectivity index (χ0n) is 13.8. The Hall–Kier alpha value is -2.35. The highest BCUT2D eigenvalue weighted by molar-refractivity contribution is 6.04. The van der Waals surface area contributed by atoms with Gasteiger partial charge in [0.05, 0.1) is 5.41 Å². The Kier molecular flexibility index (Phi) is 4.08. The first kappa shape index (κ1) is 15.5. The Labute approximate surface area is 137 Å². The van der Waals surface area contributed by atoms with Crippen molar-refractivity contribution in [3.05, 3.63) is 83.7 Å². The van der Waals surface area contributed by atoms with E-state index in [0.717, 1.165) is 23.3 Å². The SMILES string of the molecule is C=C(C)[C@H]1CC=C(C)C(=O)[C@]1(Cc1ccccc1)c1ccc[nH]1. The summed E-state index contributed by atoms with van der Waals surface area (Å²) in [5.74, 6) is 0.320. The van der Waals surface area contributed by atoms with Gasteiger partial charge < -0.3 is 4.98 Å². The molecule has 0 aliphatic heterocycles. The van der Waals surface area contributed by atoms with Crippen LogP contribution in [0.3, 0.4) is 0 Å². The smallest absolute Gasteiger partial charge is 0.171 e. The van der Waals surface area contributed by atoms with Gasteiger partial charge in [0.15, 0.2) is 5.78 Å². The number of Topliss-reactive ketones (excluding diaryl/α,β-unsaturated/α-hetero) is 1. The number of carbonyl (C=O) groups is 1. The molecule has 3 rings (SSSR count). The van der Waals surface area contributed by atoms with Gasteiger partial charge in [0.2, 0.25) is 0 Å². The third-order valence-electron chi connectivity index (χ3n) is 5.02. The first-order valence-electron chi connectivity index (χ1n) is 8.10. The molecule has 0 amide bonds. The van der Waals surface area contributed by atoms with E-state index in [2.05, 4.69) is 29.8 Å². The highest BCUT2D eigenvalue weighted by atomic mass is 16.1. The first-order valence-corrected chi connectivity index (χ1v) is 8.10. The second kappa shape index (κ2) is 6.04. The number of carbonyl (C=O) groups excluding carboxylic acids is 1. The first-order chi connectivity index (χ1) is 11.1. The van der Waals surface area contributed by atoms with E-state index in [1.807, 2.05) is 50.4 Å². The minimum atomic E-state index is -0.588. The normalized spacial score (nSPS) is 24.3. The zero-order valence-corrected chi connectivity index (χ0v) is 13.8. The molecule has 0 saturated carbocycles. The van der Waals surface area contributed by atoms with Crippen molar-refractivity contribution in [2.75, 3.05) is 0 Å². The summed E-state index contributed by atoms with van der Waals surface area (Å²) in [6.07, 6.45) is 5.51. The van der Waals surface area contributed by atoms with Crippen molar-refractivity contribution in [3.63, 3.8) is 0 Å². The molecule has 0 saturated heterocycles. The lowest BCUT2D eigenvalue weighted by molar-refractivity contribution is -0.123. The standard InChI is InChI=1S/C21H23NO/c1-15(2)18-12-11-16(3)20(23)21(18,19-10-7-13-22-19)14-17-8-5-4-6-9-17/h4-11,13,18,22H,1,12,14H2,2-3H3/t18-,21+/m1/s1. The molecule has 2 heteroatoms. The molecular formula is C21H23NO. The van der Waals surface area contributed by atoms with Crippen LogP contribution in [0.4, 0.5) is 0 Å². The van der Waals surface area contributed by atoms with Gasteiger partial charge in [-0.2, -0.15) is 0 Å². The van der Waals surface area contributed by atoms with E-state index in [1.54, 1.807) is 0 Å².